The number of hydrogen-bond donors (Lipinski definition) is 1. The number of rotatable bonds is 3. The summed E-state index contributed by atoms with van der Waals surface area (Å²) in [5.74, 6) is 0.803. The van der Waals surface area contributed by atoms with Crippen LogP contribution in [-0.4, -0.2) is 41.7 Å². The van der Waals surface area contributed by atoms with Gasteiger partial charge in [0.05, 0.1) is 6.10 Å². The third-order valence-electron chi connectivity index (χ3n) is 3.76. The summed E-state index contributed by atoms with van der Waals surface area (Å²) in [5.41, 5.74) is 3.32. The Morgan fingerprint density at radius 1 is 1.25 bits per heavy atom. The van der Waals surface area contributed by atoms with Gasteiger partial charge >= 0.3 is 0 Å². The first-order valence-electron chi connectivity index (χ1n) is 7.14. The Balaban J connectivity index is 1.94. The number of ether oxygens (including phenoxy) is 1. The molecule has 1 aliphatic rings. The Hall–Kier alpha value is -1.55. The first-order chi connectivity index (χ1) is 9.47. The van der Waals surface area contributed by atoms with Gasteiger partial charge in [-0.05, 0) is 44.7 Å². The Morgan fingerprint density at radius 3 is 2.35 bits per heavy atom. The smallest absolute Gasteiger partial charge is 0.260 e. The van der Waals surface area contributed by atoms with Gasteiger partial charge < -0.3 is 14.7 Å². The number of aliphatic hydroxyl groups is 1. The van der Waals surface area contributed by atoms with Gasteiger partial charge in [0.2, 0.25) is 0 Å². The highest BCUT2D eigenvalue weighted by molar-refractivity contribution is 5.78. The van der Waals surface area contributed by atoms with E-state index in [9.17, 15) is 9.90 Å². The van der Waals surface area contributed by atoms with Crippen molar-refractivity contribution in [2.45, 2.75) is 39.7 Å². The Labute approximate surface area is 120 Å². The number of hydrogen-bond acceptors (Lipinski definition) is 3. The Morgan fingerprint density at radius 2 is 1.80 bits per heavy atom. The van der Waals surface area contributed by atoms with Crippen molar-refractivity contribution in [1.82, 2.24) is 4.90 Å². The zero-order valence-electron chi connectivity index (χ0n) is 12.5. The van der Waals surface area contributed by atoms with Gasteiger partial charge in [-0.15, -0.1) is 0 Å². The molecule has 1 aromatic carbocycles. The third-order valence-corrected chi connectivity index (χ3v) is 3.76. The van der Waals surface area contributed by atoms with E-state index in [4.69, 9.17) is 4.74 Å². The monoisotopic (exact) mass is 277 g/mol. The molecule has 1 amide bonds. The SMILES string of the molecule is Cc1cc(C)c(OCC(=O)N2CCC(O)CC2)c(C)c1. The standard InChI is InChI=1S/C16H23NO3/c1-11-8-12(2)16(13(3)9-11)20-10-15(19)17-6-4-14(18)5-7-17/h8-9,14,18H,4-7,10H2,1-3H3. The molecule has 1 aromatic rings. The number of benzene rings is 1. The van der Waals surface area contributed by atoms with Crippen LogP contribution in [0, 0.1) is 20.8 Å². The zero-order valence-corrected chi connectivity index (χ0v) is 12.5. The van der Waals surface area contributed by atoms with Crippen LogP contribution in [0.1, 0.15) is 29.5 Å². The number of carbonyl (C=O) groups excluding carboxylic acids is 1. The van der Waals surface area contributed by atoms with Crippen LogP contribution in [0.5, 0.6) is 5.75 Å². The Kier molecular flexibility index (Phi) is 4.65. The zero-order chi connectivity index (χ0) is 14.7. The van der Waals surface area contributed by atoms with E-state index >= 15 is 0 Å². The molecule has 0 atom stereocenters. The minimum absolute atomic E-state index is 0.00345. The molecule has 1 aliphatic heterocycles. The van der Waals surface area contributed by atoms with Crippen LogP contribution in [0.3, 0.4) is 0 Å². The topological polar surface area (TPSA) is 49.8 Å². The lowest BCUT2D eigenvalue weighted by Crippen LogP contribution is -2.42. The summed E-state index contributed by atoms with van der Waals surface area (Å²) in [6.07, 6.45) is 1.06. The summed E-state index contributed by atoms with van der Waals surface area (Å²) in [7, 11) is 0. The summed E-state index contributed by atoms with van der Waals surface area (Å²) < 4.78 is 5.71. The van der Waals surface area contributed by atoms with Crippen LogP contribution in [0.4, 0.5) is 0 Å². The third kappa shape index (κ3) is 3.51. The lowest BCUT2D eigenvalue weighted by molar-refractivity contribution is -0.135. The summed E-state index contributed by atoms with van der Waals surface area (Å²) >= 11 is 0. The second-order valence-electron chi connectivity index (χ2n) is 5.63. The lowest BCUT2D eigenvalue weighted by Gasteiger charge is -2.29. The number of aryl methyl sites for hydroxylation is 3. The molecule has 4 nitrogen and oxygen atoms in total. The second-order valence-corrected chi connectivity index (χ2v) is 5.63. The van der Waals surface area contributed by atoms with Crippen LogP contribution in [-0.2, 0) is 4.79 Å². The lowest BCUT2D eigenvalue weighted by atomic mass is 10.1. The molecule has 1 heterocycles. The minimum atomic E-state index is -0.262. The van der Waals surface area contributed by atoms with Gasteiger partial charge in [-0.3, -0.25) is 4.79 Å². The molecule has 0 saturated carbocycles. The highest BCUT2D eigenvalue weighted by atomic mass is 16.5. The van der Waals surface area contributed by atoms with Gasteiger partial charge in [0.1, 0.15) is 5.75 Å². The number of amides is 1. The molecule has 0 bridgehead atoms. The number of aliphatic hydroxyl groups excluding tert-OH is 1. The molecule has 4 heteroatoms. The average molecular weight is 277 g/mol. The number of piperidine rings is 1. The largest absolute Gasteiger partial charge is 0.483 e. The Bertz CT molecular complexity index is 467. The molecule has 110 valence electrons. The van der Waals surface area contributed by atoms with E-state index in [-0.39, 0.29) is 18.6 Å². The molecular formula is C16H23NO3. The van der Waals surface area contributed by atoms with Crippen LogP contribution in [0.2, 0.25) is 0 Å². The maximum Gasteiger partial charge on any atom is 0.260 e. The number of carbonyl (C=O) groups is 1. The van der Waals surface area contributed by atoms with Crippen LogP contribution >= 0.6 is 0 Å². The van der Waals surface area contributed by atoms with Gasteiger partial charge in [-0.1, -0.05) is 17.7 Å². The van der Waals surface area contributed by atoms with Crippen LogP contribution < -0.4 is 4.74 Å². The van der Waals surface area contributed by atoms with Crippen molar-refractivity contribution in [3.05, 3.63) is 28.8 Å². The molecular weight excluding hydrogens is 254 g/mol. The van der Waals surface area contributed by atoms with Crippen molar-refractivity contribution < 1.29 is 14.6 Å². The maximum atomic E-state index is 12.1. The maximum absolute atomic E-state index is 12.1. The molecule has 0 unspecified atom stereocenters. The summed E-state index contributed by atoms with van der Waals surface area (Å²) in [5, 5.41) is 9.45. The van der Waals surface area contributed by atoms with E-state index in [2.05, 4.69) is 12.1 Å². The molecule has 0 spiro atoms. The van der Waals surface area contributed by atoms with Gasteiger partial charge in [0, 0.05) is 13.1 Å². The fourth-order valence-corrected chi connectivity index (χ4v) is 2.73. The van der Waals surface area contributed by atoms with Crippen LogP contribution in [0.15, 0.2) is 12.1 Å². The summed E-state index contributed by atoms with van der Waals surface area (Å²) in [4.78, 5) is 13.9. The second kappa shape index (κ2) is 6.27. The predicted octanol–water partition coefficient (Wildman–Crippen LogP) is 1.97. The summed E-state index contributed by atoms with van der Waals surface area (Å²) in [6.45, 7) is 7.35. The normalized spacial score (nSPS) is 16.3. The van der Waals surface area contributed by atoms with Gasteiger partial charge in [-0.25, -0.2) is 0 Å². The van der Waals surface area contributed by atoms with Crippen molar-refractivity contribution in [3.63, 3.8) is 0 Å². The summed E-state index contributed by atoms with van der Waals surface area (Å²) in [6, 6.07) is 4.12. The number of likely N-dealkylation sites (tertiary alicyclic amines) is 1. The quantitative estimate of drug-likeness (QED) is 0.919. The molecule has 1 N–H and O–H groups in total. The van der Waals surface area contributed by atoms with Crippen LogP contribution in [0.25, 0.3) is 0 Å². The predicted molar refractivity (Wildman–Crippen MR) is 78.0 cm³/mol. The van der Waals surface area contributed by atoms with Gasteiger partial charge in [0.25, 0.3) is 5.91 Å². The van der Waals surface area contributed by atoms with Gasteiger partial charge in [-0.2, -0.15) is 0 Å². The van der Waals surface area contributed by atoms with Crippen molar-refractivity contribution in [3.8, 4) is 5.75 Å². The van der Waals surface area contributed by atoms with E-state index in [0.29, 0.717) is 25.9 Å². The molecule has 0 aliphatic carbocycles. The molecule has 2 rings (SSSR count). The van der Waals surface area contributed by atoms with E-state index in [1.54, 1.807) is 4.90 Å². The molecule has 0 radical (unpaired) electrons. The van der Waals surface area contributed by atoms with E-state index in [0.717, 1.165) is 16.9 Å². The van der Waals surface area contributed by atoms with Crippen molar-refractivity contribution >= 4 is 5.91 Å². The molecule has 1 fully saturated rings. The van der Waals surface area contributed by atoms with Crippen molar-refractivity contribution in [2.75, 3.05) is 19.7 Å². The fraction of sp³-hybridized carbons (Fsp3) is 0.562. The highest BCUT2D eigenvalue weighted by Gasteiger charge is 2.21. The number of nitrogens with zero attached hydrogens (tertiary/aromatic N) is 1. The minimum Gasteiger partial charge on any atom is -0.483 e. The average Bonchev–Trinajstić information content (AvgIpc) is 2.38. The first-order valence-corrected chi connectivity index (χ1v) is 7.14. The first kappa shape index (κ1) is 14.9. The van der Waals surface area contributed by atoms with Crippen molar-refractivity contribution in [1.29, 1.82) is 0 Å². The molecule has 0 aromatic heterocycles. The van der Waals surface area contributed by atoms with E-state index < -0.39 is 0 Å². The van der Waals surface area contributed by atoms with Gasteiger partial charge in [0.15, 0.2) is 6.61 Å². The van der Waals surface area contributed by atoms with Crippen molar-refractivity contribution in [2.24, 2.45) is 0 Å². The molecule has 20 heavy (non-hydrogen) atoms. The van der Waals surface area contributed by atoms with E-state index in [1.165, 1.54) is 5.56 Å². The fourth-order valence-electron chi connectivity index (χ4n) is 2.73. The van der Waals surface area contributed by atoms with E-state index in [1.807, 2.05) is 20.8 Å². The highest BCUT2D eigenvalue weighted by Crippen LogP contribution is 2.24. The molecule has 1 saturated heterocycles.